The van der Waals surface area contributed by atoms with Gasteiger partial charge in [-0.05, 0) is 6.92 Å². The molecule has 0 unspecified atom stereocenters. The highest BCUT2D eigenvalue weighted by Crippen LogP contribution is 1.72. The molecule has 0 aliphatic carbocycles. The number of nitrogens with zero attached hydrogens (tertiary/aromatic N) is 1. The molecule has 0 radical (unpaired) electrons. The van der Waals surface area contributed by atoms with Crippen LogP contribution in [0, 0.1) is 0 Å². The molecule has 0 aromatic carbocycles. The summed E-state index contributed by atoms with van der Waals surface area (Å²) in [4.78, 5) is 3.56. The molecule has 1 aromatic rings. The molecular weight excluding hydrogens is 106 g/mol. The van der Waals surface area contributed by atoms with Gasteiger partial charge in [0.25, 0.3) is 0 Å². The lowest BCUT2D eigenvalue weighted by atomic mass is 10.9. The lowest BCUT2D eigenvalue weighted by molar-refractivity contribution is 0.318. The first-order valence-corrected chi connectivity index (χ1v) is 2.34. The zero-order valence-corrected chi connectivity index (χ0v) is 4.74. The number of rotatable bonds is 0. The fourth-order valence-electron chi connectivity index (χ4n) is 0.176. The van der Waals surface area contributed by atoms with Gasteiger partial charge in [0, 0.05) is 6.61 Å². The Morgan fingerprint density at radius 2 is 2.38 bits per heavy atom. The minimum absolute atomic E-state index is 0.250. The molecule has 1 N–H and O–H groups in total. The van der Waals surface area contributed by atoms with E-state index in [9.17, 15) is 0 Å². The van der Waals surface area contributed by atoms with Gasteiger partial charge in [-0.25, -0.2) is 4.98 Å². The van der Waals surface area contributed by atoms with Gasteiger partial charge in [-0.15, -0.1) is 0 Å². The summed E-state index contributed by atoms with van der Waals surface area (Å²) in [5, 5.41) is 7.57. The molecule has 3 heteroatoms. The van der Waals surface area contributed by atoms with Gasteiger partial charge in [0.2, 0.25) is 0 Å². The Balaban J connectivity index is 0.000000145. The van der Waals surface area contributed by atoms with Crippen molar-refractivity contribution in [3.63, 3.8) is 0 Å². The van der Waals surface area contributed by atoms with Crippen LogP contribution in [0.5, 0.6) is 0 Å². The summed E-state index contributed by atoms with van der Waals surface area (Å²) in [6.07, 6.45) is 4.47. The van der Waals surface area contributed by atoms with Crippen LogP contribution in [0.15, 0.2) is 23.3 Å². The van der Waals surface area contributed by atoms with E-state index in [1.807, 2.05) is 0 Å². The third-order valence-electron chi connectivity index (χ3n) is 0.347. The number of hydrogen-bond donors (Lipinski definition) is 1. The number of aliphatic hydroxyl groups is 1. The maximum absolute atomic E-state index is 7.57. The third kappa shape index (κ3) is 5.17. The Hall–Kier alpha value is -0.830. The van der Waals surface area contributed by atoms with Gasteiger partial charge in [-0.3, -0.25) is 0 Å². The highest BCUT2D eigenvalue weighted by Gasteiger charge is 1.59. The minimum atomic E-state index is 0.250. The number of oxazole rings is 1. The predicted molar refractivity (Wildman–Crippen MR) is 29.3 cm³/mol. The van der Waals surface area contributed by atoms with Crippen LogP contribution in [0.2, 0.25) is 0 Å². The average Bonchev–Trinajstić information content (AvgIpc) is 2.17. The average molecular weight is 115 g/mol. The lowest BCUT2D eigenvalue weighted by Gasteiger charge is -1.52. The van der Waals surface area contributed by atoms with Gasteiger partial charge < -0.3 is 9.52 Å². The van der Waals surface area contributed by atoms with E-state index >= 15 is 0 Å². The van der Waals surface area contributed by atoms with E-state index in [0.29, 0.717) is 0 Å². The lowest BCUT2D eigenvalue weighted by Crippen LogP contribution is -1.57. The van der Waals surface area contributed by atoms with E-state index in [2.05, 4.69) is 9.40 Å². The van der Waals surface area contributed by atoms with Crippen LogP contribution in [0.3, 0.4) is 0 Å². The van der Waals surface area contributed by atoms with Crippen LogP contribution < -0.4 is 0 Å². The second-order valence-electron chi connectivity index (χ2n) is 0.992. The smallest absolute Gasteiger partial charge is 0.180 e. The second kappa shape index (κ2) is 6.17. The van der Waals surface area contributed by atoms with Crippen LogP contribution in [0.4, 0.5) is 0 Å². The van der Waals surface area contributed by atoms with Crippen molar-refractivity contribution < 1.29 is 9.52 Å². The summed E-state index contributed by atoms with van der Waals surface area (Å²) >= 11 is 0. The molecule has 0 aliphatic heterocycles. The number of aliphatic hydroxyl groups excluding tert-OH is 1. The van der Waals surface area contributed by atoms with Crippen LogP contribution in [-0.4, -0.2) is 16.7 Å². The van der Waals surface area contributed by atoms with Crippen molar-refractivity contribution in [1.82, 2.24) is 4.98 Å². The molecule has 0 atom stereocenters. The molecule has 1 rings (SSSR count). The van der Waals surface area contributed by atoms with Crippen LogP contribution in [-0.2, 0) is 0 Å². The molecule has 1 aromatic heterocycles. The summed E-state index contributed by atoms with van der Waals surface area (Å²) < 4.78 is 4.47. The van der Waals surface area contributed by atoms with Gasteiger partial charge in [0.15, 0.2) is 6.39 Å². The molecule has 1 heterocycles. The zero-order valence-electron chi connectivity index (χ0n) is 4.74. The van der Waals surface area contributed by atoms with Crippen molar-refractivity contribution >= 4 is 0 Å². The van der Waals surface area contributed by atoms with Crippen LogP contribution in [0.25, 0.3) is 0 Å². The molecule has 0 bridgehead atoms. The highest BCUT2D eigenvalue weighted by molar-refractivity contribution is 4.56. The van der Waals surface area contributed by atoms with Crippen molar-refractivity contribution in [3.8, 4) is 0 Å². The van der Waals surface area contributed by atoms with Gasteiger partial charge >= 0.3 is 0 Å². The van der Waals surface area contributed by atoms with Gasteiger partial charge in [0.05, 0.1) is 6.20 Å². The van der Waals surface area contributed by atoms with E-state index in [-0.39, 0.29) is 6.61 Å². The van der Waals surface area contributed by atoms with E-state index in [4.69, 9.17) is 5.11 Å². The van der Waals surface area contributed by atoms with Crippen molar-refractivity contribution in [3.05, 3.63) is 18.9 Å². The molecule has 0 spiro atoms. The van der Waals surface area contributed by atoms with Gasteiger partial charge in [0.1, 0.15) is 6.26 Å². The zero-order chi connectivity index (χ0) is 6.24. The topological polar surface area (TPSA) is 46.3 Å². The Kier molecular flexibility index (Phi) is 5.53. The van der Waals surface area contributed by atoms with Crippen molar-refractivity contribution in [2.75, 3.05) is 6.61 Å². The quantitative estimate of drug-likeness (QED) is 0.540. The van der Waals surface area contributed by atoms with E-state index < -0.39 is 0 Å². The summed E-state index contributed by atoms with van der Waals surface area (Å²) in [6, 6.07) is 0. The second-order valence-corrected chi connectivity index (χ2v) is 0.992. The monoisotopic (exact) mass is 115 g/mol. The van der Waals surface area contributed by atoms with E-state index in [0.717, 1.165) is 0 Å². The van der Waals surface area contributed by atoms with Crippen molar-refractivity contribution in [1.29, 1.82) is 0 Å². The molecule has 8 heavy (non-hydrogen) atoms. The predicted octanol–water partition coefficient (Wildman–Crippen LogP) is 0.673. The maximum Gasteiger partial charge on any atom is 0.180 e. The fourth-order valence-corrected chi connectivity index (χ4v) is 0.176. The van der Waals surface area contributed by atoms with E-state index in [1.165, 1.54) is 12.7 Å². The summed E-state index contributed by atoms with van der Waals surface area (Å²) in [6.45, 7) is 1.93. The van der Waals surface area contributed by atoms with Crippen molar-refractivity contribution in [2.45, 2.75) is 6.92 Å². The van der Waals surface area contributed by atoms with Crippen LogP contribution >= 0.6 is 0 Å². The molecule has 0 amide bonds. The molecule has 0 saturated heterocycles. The van der Waals surface area contributed by atoms with Crippen LogP contribution in [0.1, 0.15) is 6.92 Å². The van der Waals surface area contributed by atoms with Gasteiger partial charge in [-0.2, -0.15) is 0 Å². The first-order valence-electron chi connectivity index (χ1n) is 2.34. The van der Waals surface area contributed by atoms with E-state index in [1.54, 1.807) is 13.1 Å². The largest absolute Gasteiger partial charge is 0.452 e. The Bertz CT molecular complexity index is 77.3. The van der Waals surface area contributed by atoms with Crippen molar-refractivity contribution in [2.24, 2.45) is 0 Å². The molecule has 46 valence electrons. The number of aromatic nitrogens is 1. The Morgan fingerprint density at radius 3 is 2.50 bits per heavy atom. The first kappa shape index (κ1) is 7.17. The summed E-state index contributed by atoms with van der Waals surface area (Å²) in [5.41, 5.74) is 0. The molecule has 0 fully saturated rings. The maximum atomic E-state index is 7.57. The summed E-state index contributed by atoms with van der Waals surface area (Å²) in [7, 11) is 0. The molecule has 0 saturated carbocycles. The Labute approximate surface area is 48.0 Å². The van der Waals surface area contributed by atoms with Gasteiger partial charge in [-0.1, -0.05) is 0 Å². The SMILES string of the molecule is CCO.c1cocn1. The molecule has 3 nitrogen and oxygen atoms in total. The standard InChI is InChI=1S/C3H3NO.C2H6O/c1-2-5-3-4-1;1-2-3/h1-3H;3H,2H2,1H3. The normalized spacial score (nSPS) is 7.25. The highest BCUT2D eigenvalue weighted by atomic mass is 16.3. The Morgan fingerprint density at radius 1 is 1.75 bits per heavy atom. The summed E-state index contributed by atoms with van der Waals surface area (Å²) in [5.74, 6) is 0. The molecular formula is C5H9NO2. The minimum Gasteiger partial charge on any atom is -0.452 e. The third-order valence-corrected chi connectivity index (χ3v) is 0.347. The number of hydrogen-bond acceptors (Lipinski definition) is 3. The first-order chi connectivity index (χ1) is 3.91. The fraction of sp³-hybridized carbons (Fsp3) is 0.400. The molecule has 0 aliphatic rings.